The van der Waals surface area contributed by atoms with E-state index >= 15 is 0 Å². The molecule has 2 aromatic rings. The molecule has 0 atom stereocenters. The first-order chi connectivity index (χ1) is 15.5. The minimum atomic E-state index is 0.00468. The fourth-order valence-electron chi connectivity index (χ4n) is 3.98. The second kappa shape index (κ2) is 10.6. The number of thioether (sulfide) groups is 1. The van der Waals surface area contributed by atoms with Crippen LogP contribution in [0, 0.1) is 0 Å². The summed E-state index contributed by atoms with van der Waals surface area (Å²) in [5.41, 5.74) is 1.84. The molecular weight excluding hydrogens is 530 g/mol. The van der Waals surface area contributed by atoms with Crippen molar-refractivity contribution in [3.8, 4) is 11.5 Å². The van der Waals surface area contributed by atoms with Gasteiger partial charge >= 0.3 is 0 Å². The molecule has 8 heteroatoms. The lowest BCUT2D eigenvalue weighted by molar-refractivity contribution is -0.124. The Balaban J connectivity index is 1.53. The smallest absolute Gasteiger partial charge is 0.266 e. The third kappa shape index (κ3) is 5.33. The molecule has 2 fully saturated rings. The zero-order chi connectivity index (χ0) is 22.7. The molecule has 4 rings (SSSR count). The second-order valence-corrected chi connectivity index (χ2v) is 10.8. The molecule has 0 bridgehead atoms. The van der Waals surface area contributed by atoms with Gasteiger partial charge in [0.25, 0.3) is 5.91 Å². The van der Waals surface area contributed by atoms with Crippen LogP contribution < -0.4 is 9.47 Å². The first-order valence-electron chi connectivity index (χ1n) is 10.5. The van der Waals surface area contributed by atoms with Crippen molar-refractivity contribution in [2.24, 2.45) is 0 Å². The molecule has 32 heavy (non-hydrogen) atoms. The summed E-state index contributed by atoms with van der Waals surface area (Å²) in [5, 5.41) is 0.686. The number of carbonyl (C=O) groups is 1. The number of thiocarbonyl (C=S) groups is 1. The van der Waals surface area contributed by atoms with E-state index in [1.165, 1.54) is 18.2 Å². The van der Waals surface area contributed by atoms with Crippen LogP contribution in [0.3, 0.4) is 0 Å². The summed E-state index contributed by atoms with van der Waals surface area (Å²) < 4.78 is 13.0. The van der Waals surface area contributed by atoms with Gasteiger partial charge in [-0.1, -0.05) is 67.0 Å². The van der Waals surface area contributed by atoms with Crippen LogP contribution in [0.15, 0.2) is 45.8 Å². The van der Waals surface area contributed by atoms with E-state index in [1.807, 2.05) is 47.4 Å². The number of benzene rings is 2. The van der Waals surface area contributed by atoms with Crippen molar-refractivity contribution in [1.82, 2.24) is 4.90 Å². The van der Waals surface area contributed by atoms with Gasteiger partial charge in [-0.05, 0) is 70.2 Å². The summed E-state index contributed by atoms with van der Waals surface area (Å²) in [7, 11) is 1.60. The second-order valence-electron chi connectivity index (χ2n) is 7.79. The van der Waals surface area contributed by atoms with E-state index in [0.29, 0.717) is 32.4 Å². The number of ether oxygens (including phenoxy) is 2. The predicted molar refractivity (Wildman–Crippen MR) is 138 cm³/mol. The molecule has 0 radical (unpaired) electrons. The zero-order valence-electron chi connectivity index (χ0n) is 17.6. The summed E-state index contributed by atoms with van der Waals surface area (Å²) >= 11 is 16.5. The molecular formula is C24H23BrClNO3S2. The highest BCUT2D eigenvalue weighted by atomic mass is 79.9. The number of carbonyl (C=O) groups excluding carboxylic acids is 1. The number of hydrogen-bond acceptors (Lipinski definition) is 5. The van der Waals surface area contributed by atoms with Gasteiger partial charge in [-0.3, -0.25) is 9.69 Å². The highest BCUT2D eigenvalue weighted by Crippen LogP contribution is 2.41. The molecule has 1 aliphatic carbocycles. The highest BCUT2D eigenvalue weighted by molar-refractivity contribution is 9.10. The number of hydrogen-bond donors (Lipinski definition) is 0. The minimum Gasteiger partial charge on any atom is -0.493 e. The van der Waals surface area contributed by atoms with Crippen LogP contribution >= 0.6 is 51.5 Å². The molecule has 1 amide bonds. The predicted octanol–water partition coefficient (Wildman–Crippen LogP) is 7.22. The molecule has 1 saturated carbocycles. The maximum atomic E-state index is 13.1. The van der Waals surface area contributed by atoms with Crippen LogP contribution in [0.25, 0.3) is 6.08 Å². The average Bonchev–Trinajstić information content (AvgIpc) is 3.07. The van der Waals surface area contributed by atoms with E-state index in [0.717, 1.165) is 41.3 Å². The van der Waals surface area contributed by atoms with Gasteiger partial charge in [0.2, 0.25) is 0 Å². The van der Waals surface area contributed by atoms with Crippen molar-refractivity contribution in [3.63, 3.8) is 0 Å². The van der Waals surface area contributed by atoms with E-state index in [2.05, 4.69) is 15.9 Å². The number of methoxy groups -OCH3 is 1. The fraction of sp³-hybridized carbons (Fsp3) is 0.333. The lowest BCUT2D eigenvalue weighted by Gasteiger charge is -2.29. The summed E-state index contributed by atoms with van der Waals surface area (Å²) in [6, 6.07) is 11.5. The maximum Gasteiger partial charge on any atom is 0.266 e. The van der Waals surface area contributed by atoms with Gasteiger partial charge < -0.3 is 9.47 Å². The Hall–Kier alpha value is -1.54. The van der Waals surface area contributed by atoms with Gasteiger partial charge in [0.1, 0.15) is 10.9 Å². The number of amides is 1. The Morgan fingerprint density at radius 2 is 1.94 bits per heavy atom. The SMILES string of the molecule is COc1cc(/C=C2\SC(=S)N(C3CCCCC3)C2=O)cc(Br)c1OCc1ccc(Cl)cc1. The molecule has 1 heterocycles. The minimum absolute atomic E-state index is 0.00468. The Morgan fingerprint density at radius 1 is 1.22 bits per heavy atom. The van der Waals surface area contributed by atoms with E-state index in [-0.39, 0.29) is 11.9 Å². The number of nitrogens with zero attached hydrogens (tertiary/aromatic N) is 1. The molecule has 4 nitrogen and oxygen atoms in total. The lowest BCUT2D eigenvalue weighted by Crippen LogP contribution is -2.39. The van der Waals surface area contributed by atoms with E-state index in [4.69, 9.17) is 33.3 Å². The molecule has 2 aliphatic rings. The van der Waals surface area contributed by atoms with Gasteiger partial charge in [0.15, 0.2) is 11.5 Å². The van der Waals surface area contributed by atoms with Gasteiger partial charge in [0, 0.05) is 11.1 Å². The van der Waals surface area contributed by atoms with Gasteiger partial charge in [-0.2, -0.15) is 0 Å². The summed E-state index contributed by atoms with van der Waals surface area (Å²) in [4.78, 5) is 15.5. The molecule has 0 aromatic heterocycles. The van der Waals surface area contributed by atoms with Gasteiger partial charge in [-0.15, -0.1) is 0 Å². The standard InChI is InChI=1S/C24H23BrClNO3S2/c1-29-20-12-16(11-19(25)22(20)30-14-15-7-9-17(26)10-8-15)13-21-23(28)27(24(31)32-21)18-5-3-2-4-6-18/h7-13,18H,2-6,14H2,1H3/b21-13-. The van der Waals surface area contributed by atoms with Crippen molar-refractivity contribution in [2.75, 3.05) is 7.11 Å². The molecule has 0 spiro atoms. The Labute approximate surface area is 211 Å². The van der Waals surface area contributed by atoms with Crippen molar-refractivity contribution >= 4 is 67.8 Å². The Bertz CT molecular complexity index is 1050. The van der Waals surface area contributed by atoms with E-state index in [9.17, 15) is 4.79 Å². The Kier molecular flexibility index (Phi) is 7.82. The van der Waals surface area contributed by atoms with Crippen LogP contribution in [0.5, 0.6) is 11.5 Å². The van der Waals surface area contributed by atoms with Crippen molar-refractivity contribution in [2.45, 2.75) is 44.8 Å². The monoisotopic (exact) mass is 551 g/mol. The topological polar surface area (TPSA) is 38.8 Å². The quantitative estimate of drug-likeness (QED) is 0.279. The first kappa shape index (κ1) is 23.6. The normalized spacial score (nSPS) is 18.5. The molecule has 0 unspecified atom stereocenters. The summed E-state index contributed by atoms with van der Waals surface area (Å²) in [6.07, 6.45) is 7.47. The molecule has 1 saturated heterocycles. The lowest BCUT2D eigenvalue weighted by atomic mass is 9.94. The molecule has 0 N–H and O–H groups in total. The van der Waals surface area contributed by atoms with Crippen molar-refractivity contribution < 1.29 is 14.3 Å². The fourth-order valence-corrected chi connectivity index (χ4v) is 6.09. The van der Waals surface area contributed by atoms with Crippen LogP contribution in [0.1, 0.15) is 43.2 Å². The van der Waals surface area contributed by atoms with E-state index < -0.39 is 0 Å². The average molecular weight is 553 g/mol. The summed E-state index contributed by atoms with van der Waals surface area (Å²) in [6.45, 7) is 0.380. The number of rotatable bonds is 6. The maximum absolute atomic E-state index is 13.1. The molecule has 2 aromatic carbocycles. The van der Waals surface area contributed by atoms with Crippen LogP contribution in [0.4, 0.5) is 0 Å². The zero-order valence-corrected chi connectivity index (χ0v) is 21.6. The van der Waals surface area contributed by atoms with Crippen LogP contribution in [0.2, 0.25) is 5.02 Å². The van der Waals surface area contributed by atoms with Crippen molar-refractivity contribution in [1.29, 1.82) is 0 Å². The molecule has 1 aliphatic heterocycles. The van der Waals surface area contributed by atoms with Gasteiger partial charge in [0.05, 0.1) is 16.5 Å². The first-order valence-corrected chi connectivity index (χ1v) is 12.9. The number of halogens is 2. The third-order valence-corrected chi connectivity index (χ3v) is 7.78. The highest BCUT2D eigenvalue weighted by Gasteiger charge is 2.37. The third-order valence-electron chi connectivity index (χ3n) is 5.61. The van der Waals surface area contributed by atoms with Crippen molar-refractivity contribution in [3.05, 3.63) is 61.9 Å². The Morgan fingerprint density at radius 3 is 2.62 bits per heavy atom. The van der Waals surface area contributed by atoms with Crippen LogP contribution in [-0.2, 0) is 11.4 Å². The van der Waals surface area contributed by atoms with Crippen LogP contribution in [-0.4, -0.2) is 28.3 Å². The largest absolute Gasteiger partial charge is 0.493 e. The molecule has 168 valence electrons. The van der Waals surface area contributed by atoms with E-state index in [1.54, 1.807) is 7.11 Å². The van der Waals surface area contributed by atoms with Gasteiger partial charge in [-0.25, -0.2) is 0 Å². The summed E-state index contributed by atoms with van der Waals surface area (Å²) in [5.74, 6) is 1.20.